The van der Waals surface area contributed by atoms with Crippen LogP contribution in [-0.4, -0.2) is 48.6 Å². The Hall–Kier alpha value is -4.59. The topological polar surface area (TPSA) is 84.5 Å². The molecule has 3 aromatic carbocycles. The SMILES string of the molecule is COc1ccc(/C=C/C(=O)Nc2c(/C=C/c3cc(OC)c(OC)c(OC)c3)ccc(OC)c2OC)cc1. The highest BCUT2D eigenvalue weighted by Gasteiger charge is 2.16. The van der Waals surface area contributed by atoms with Gasteiger partial charge in [-0.3, -0.25) is 4.79 Å². The number of nitrogens with one attached hydrogen (secondary N) is 1. The molecular formula is C29H31NO7. The van der Waals surface area contributed by atoms with Crippen molar-refractivity contribution in [1.82, 2.24) is 0 Å². The molecule has 3 aromatic rings. The highest BCUT2D eigenvalue weighted by Crippen LogP contribution is 2.40. The molecule has 0 bridgehead atoms. The summed E-state index contributed by atoms with van der Waals surface area (Å²) in [7, 11) is 9.34. The summed E-state index contributed by atoms with van der Waals surface area (Å²) in [6.45, 7) is 0. The van der Waals surface area contributed by atoms with Crippen molar-refractivity contribution in [3.8, 4) is 34.5 Å². The third-order valence-corrected chi connectivity index (χ3v) is 5.51. The molecule has 0 saturated carbocycles. The number of methoxy groups -OCH3 is 6. The Kier molecular flexibility index (Phi) is 9.43. The lowest BCUT2D eigenvalue weighted by Crippen LogP contribution is -2.11. The standard InChI is InChI=1S/C29H31NO7/c1-32-22-13-8-19(9-14-22)10-16-26(31)30-27-21(12-15-23(33-2)29(27)37-6)11-7-20-17-24(34-3)28(36-5)25(18-20)35-4/h7-18H,1-6H3,(H,30,31)/b11-7+,16-10+. The number of benzene rings is 3. The van der Waals surface area contributed by atoms with Gasteiger partial charge in [0, 0.05) is 11.6 Å². The monoisotopic (exact) mass is 505 g/mol. The average Bonchev–Trinajstić information content (AvgIpc) is 2.94. The Morgan fingerprint density at radius 3 is 1.78 bits per heavy atom. The molecule has 0 aliphatic heterocycles. The number of hydrogen-bond donors (Lipinski definition) is 1. The van der Waals surface area contributed by atoms with Crippen LogP contribution in [0.15, 0.2) is 54.6 Å². The molecule has 0 aliphatic rings. The number of carbonyl (C=O) groups is 1. The smallest absolute Gasteiger partial charge is 0.248 e. The minimum atomic E-state index is -0.329. The van der Waals surface area contributed by atoms with Crippen LogP contribution in [0.5, 0.6) is 34.5 Å². The molecule has 0 fully saturated rings. The van der Waals surface area contributed by atoms with Gasteiger partial charge >= 0.3 is 0 Å². The highest BCUT2D eigenvalue weighted by atomic mass is 16.5. The summed E-state index contributed by atoms with van der Waals surface area (Å²) < 4.78 is 32.5. The Morgan fingerprint density at radius 2 is 1.24 bits per heavy atom. The van der Waals surface area contributed by atoms with Crippen LogP contribution in [0, 0.1) is 0 Å². The van der Waals surface area contributed by atoms with Gasteiger partial charge in [0.1, 0.15) is 5.75 Å². The van der Waals surface area contributed by atoms with Crippen molar-refractivity contribution in [3.05, 3.63) is 71.3 Å². The number of anilines is 1. The zero-order valence-electron chi connectivity index (χ0n) is 21.8. The maximum atomic E-state index is 12.9. The van der Waals surface area contributed by atoms with E-state index in [1.54, 1.807) is 47.7 Å². The first-order chi connectivity index (χ1) is 18.0. The summed E-state index contributed by atoms with van der Waals surface area (Å²) in [4.78, 5) is 12.9. The fourth-order valence-electron chi connectivity index (χ4n) is 3.65. The van der Waals surface area contributed by atoms with Gasteiger partial charge in [0.15, 0.2) is 23.0 Å². The first-order valence-corrected chi connectivity index (χ1v) is 11.3. The van der Waals surface area contributed by atoms with Crippen molar-refractivity contribution in [3.63, 3.8) is 0 Å². The van der Waals surface area contributed by atoms with Crippen LogP contribution in [0.1, 0.15) is 16.7 Å². The molecule has 8 nitrogen and oxygen atoms in total. The predicted octanol–water partition coefficient (Wildman–Crippen LogP) is 5.56. The van der Waals surface area contributed by atoms with E-state index in [0.29, 0.717) is 40.0 Å². The van der Waals surface area contributed by atoms with E-state index >= 15 is 0 Å². The van der Waals surface area contributed by atoms with Gasteiger partial charge in [-0.2, -0.15) is 0 Å². The summed E-state index contributed by atoms with van der Waals surface area (Å²) >= 11 is 0. The summed E-state index contributed by atoms with van der Waals surface area (Å²) in [5.41, 5.74) is 2.84. The summed E-state index contributed by atoms with van der Waals surface area (Å²) in [6, 6.07) is 14.6. The lowest BCUT2D eigenvalue weighted by atomic mass is 10.1. The fraction of sp³-hybridized carbons (Fsp3) is 0.207. The Morgan fingerprint density at radius 1 is 0.622 bits per heavy atom. The average molecular weight is 506 g/mol. The third kappa shape index (κ3) is 6.55. The maximum absolute atomic E-state index is 12.9. The Balaban J connectivity index is 1.94. The quantitative estimate of drug-likeness (QED) is 0.270. The lowest BCUT2D eigenvalue weighted by Gasteiger charge is -2.16. The molecular weight excluding hydrogens is 474 g/mol. The molecule has 1 N–H and O–H groups in total. The Labute approximate surface area is 217 Å². The van der Waals surface area contributed by atoms with Crippen molar-refractivity contribution in [1.29, 1.82) is 0 Å². The number of ether oxygens (including phenoxy) is 6. The van der Waals surface area contributed by atoms with Crippen molar-refractivity contribution in [2.45, 2.75) is 0 Å². The van der Waals surface area contributed by atoms with Crippen molar-refractivity contribution in [2.75, 3.05) is 48.0 Å². The van der Waals surface area contributed by atoms with Gasteiger partial charge in [-0.25, -0.2) is 0 Å². The summed E-state index contributed by atoms with van der Waals surface area (Å²) in [6.07, 6.45) is 6.89. The molecule has 0 aromatic heterocycles. The number of hydrogen-bond acceptors (Lipinski definition) is 7. The second-order valence-corrected chi connectivity index (χ2v) is 7.65. The molecule has 0 unspecified atom stereocenters. The Bertz CT molecular complexity index is 1260. The van der Waals surface area contributed by atoms with Gasteiger partial charge in [0.2, 0.25) is 11.7 Å². The molecule has 8 heteroatoms. The normalized spacial score (nSPS) is 10.9. The molecule has 37 heavy (non-hydrogen) atoms. The number of amides is 1. The van der Waals surface area contributed by atoms with E-state index in [1.807, 2.05) is 54.6 Å². The van der Waals surface area contributed by atoms with Gasteiger partial charge in [0.25, 0.3) is 0 Å². The van der Waals surface area contributed by atoms with E-state index in [0.717, 1.165) is 16.9 Å². The zero-order valence-corrected chi connectivity index (χ0v) is 21.8. The van der Waals surface area contributed by atoms with Crippen LogP contribution >= 0.6 is 0 Å². The molecule has 3 rings (SSSR count). The predicted molar refractivity (Wildman–Crippen MR) is 145 cm³/mol. The van der Waals surface area contributed by atoms with E-state index in [-0.39, 0.29) is 5.91 Å². The van der Waals surface area contributed by atoms with Crippen LogP contribution in [0.3, 0.4) is 0 Å². The number of rotatable bonds is 11. The molecule has 0 spiro atoms. The van der Waals surface area contributed by atoms with Crippen LogP contribution in [0.4, 0.5) is 5.69 Å². The minimum Gasteiger partial charge on any atom is -0.497 e. The minimum absolute atomic E-state index is 0.329. The van der Waals surface area contributed by atoms with E-state index in [1.165, 1.54) is 13.2 Å². The van der Waals surface area contributed by atoms with Crippen LogP contribution in [-0.2, 0) is 4.79 Å². The van der Waals surface area contributed by atoms with E-state index in [2.05, 4.69) is 5.32 Å². The molecule has 0 heterocycles. The molecule has 0 saturated heterocycles. The van der Waals surface area contributed by atoms with Gasteiger partial charge < -0.3 is 33.7 Å². The lowest BCUT2D eigenvalue weighted by molar-refractivity contribution is -0.111. The fourth-order valence-corrected chi connectivity index (χ4v) is 3.65. The van der Waals surface area contributed by atoms with E-state index in [9.17, 15) is 4.79 Å². The molecule has 1 amide bonds. The van der Waals surface area contributed by atoms with Crippen LogP contribution in [0.2, 0.25) is 0 Å². The second kappa shape index (κ2) is 12.9. The van der Waals surface area contributed by atoms with E-state index < -0.39 is 0 Å². The summed E-state index contributed by atoms with van der Waals surface area (Å²) in [5, 5.41) is 2.92. The van der Waals surface area contributed by atoms with Gasteiger partial charge in [0.05, 0.1) is 48.3 Å². The summed E-state index contributed by atoms with van der Waals surface area (Å²) in [5.74, 6) is 2.88. The number of carbonyl (C=O) groups excluding carboxylic acids is 1. The molecule has 0 atom stereocenters. The molecule has 0 radical (unpaired) electrons. The maximum Gasteiger partial charge on any atom is 0.248 e. The highest BCUT2D eigenvalue weighted by molar-refractivity contribution is 6.04. The van der Waals surface area contributed by atoms with Crippen LogP contribution in [0.25, 0.3) is 18.2 Å². The molecule has 0 aliphatic carbocycles. The van der Waals surface area contributed by atoms with Crippen LogP contribution < -0.4 is 33.7 Å². The van der Waals surface area contributed by atoms with Gasteiger partial charge in [-0.1, -0.05) is 24.3 Å². The second-order valence-electron chi connectivity index (χ2n) is 7.65. The third-order valence-electron chi connectivity index (χ3n) is 5.51. The van der Waals surface area contributed by atoms with E-state index in [4.69, 9.17) is 28.4 Å². The first-order valence-electron chi connectivity index (χ1n) is 11.3. The largest absolute Gasteiger partial charge is 0.497 e. The zero-order chi connectivity index (χ0) is 26.8. The molecule has 194 valence electrons. The van der Waals surface area contributed by atoms with Crippen molar-refractivity contribution < 1.29 is 33.2 Å². The van der Waals surface area contributed by atoms with Gasteiger partial charge in [-0.15, -0.1) is 0 Å². The first kappa shape index (κ1) is 27.0. The van der Waals surface area contributed by atoms with Gasteiger partial charge in [-0.05, 0) is 53.6 Å². The van der Waals surface area contributed by atoms with Crippen molar-refractivity contribution in [2.24, 2.45) is 0 Å². The van der Waals surface area contributed by atoms with Crippen molar-refractivity contribution >= 4 is 29.8 Å².